The largest absolute Gasteiger partial charge is 0.507 e. The number of benzene rings is 3. The Kier molecular flexibility index (Phi) is 12.9. The molecule has 0 saturated carbocycles. The Labute approximate surface area is 304 Å². The SMILES string of the molecule is CO[Si](CCCNc1nc(NCCS(=O)(=O)O)nc(Nc2ccc(N=Nc3c(N)ccc4cc(S(=O)(=O)O)cc(O)c34)c(S(=O)(=O)O)c2)n1)(OC)OC. The molecule has 1 heterocycles. The van der Waals surface area contributed by atoms with E-state index in [4.69, 9.17) is 23.6 Å². The molecule has 9 N–H and O–H groups in total. The average Bonchev–Trinajstić information content (AvgIpc) is 3.07. The monoisotopic (exact) mass is 817 g/mol. The van der Waals surface area contributed by atoms with Crippen LogP contribution in [0.3, 0.4) is 0 Å². The van der Waals surface area contributed by atoms with Gasteiger partial charge >= 0.3 is 8.80 Å². The molecule has 0 saturated heterocycles. The van der Waals surface area contributed by atoms with E-state index < -0.39 is 60.5 Å². The van der Waals surface area contributed by atoms with Gasteiger partial charge in [0.05, 0.1) is 21.7 Å². The van der Waals surface area contributed by atoms with Crippen LogP contribution in [0.1, 0.15) is 6.42 Å². The smallest absolute Gasteiger partial charge is 0.500 e. The Balaban J connectivity index is 1.66. The molecule has 53 heavy (non-hydrogen) atoms. The van der Waals surface area contributed by atoms with Gasteiger partial charge in [0, 0.05) is 52.2 Å². The summed E-state index contributed by atoms with van der Waals surface area (Å²) in [5.74, 6) is -1.56. The predicted molar refractivity (Wildman–Crippen MR) is 193 cm³/mol. The molecule has 1 aromatic heterocycles. The van der Waals surface area contributed by atoms with Gasteiger partial charge in [-0.15, -0.1) is 10.2 Å². The lowest BCUT2D eigenvalue weighted by molar-refractivity contribution is 0.123. The number of aromatic nitrogens is 3. The number of nitrogen functional groups attached to an aromatic ring is 1. The van der Waals surface area contributed by atoms with Crippen LogP contribution in [0.5, 0.6) is 5.75 Å². The van der Waals surface area contributed by atoms with E-state index in [1.165, 1.54) is 39.5 Å². The molecule has 0 aliphatic carbocycles. The number of aromatic hydroxyl groups is 1. The van der Waals surface area contributed by atoms with Gasteiger partial charge in [0.1, 0.15) is 22.0 Å². The molecule has 26 heteroatoms. The average molecular weight is 818 g/mol. The molecule has 0 spiro atoms. The van der Waals surface area contributed by atoms with E-state index in [2.05, 4.69) is 41.1 Å². The highest BCUT2D eigenvalue weighted by molar-refractivity contribution is 7.86. The van der Waals surface area contributed by atoms with Crippen LogP contribution >= 0.6 is 0 Å². The molecule has 4 rings (SSSR count). The van der Waals surface area contributed by atoms with Crippen LogP contribution in [0.15, 0.2) is 62.5 Å². The van der Waals surface area contributed by atoms with E-state index in [1.54, 1.807) is 0 Å². The summed E-state index contributed by atoms with van der Waals surface area (Å²) < 4.78 is 115. The number of nitrogens with zero attached hydrogens (tertiary/aromatic N) is 5. The zero-order valence-corrected chi connectivity index (χ0v) is 31.5. The van der Waals surface area contributed by atoms with Gasteiger partial charge in [-0.25, -0.2) is 0 Å². The molecule has 288 valence electrons. The zero-order chi connectivity index (χ0) is 39.2. The summed E-state index contributed by atoms with van der Waals surface area (Å²) in [5, 5.41) is 26.9. The Bertz CT molecular complexity index is 2340. The van der Waals surface area contributed by atoms with E-state index in [0.717, 1.165) is 24.3 Å². The van der Waals surface area contributed by atoms with Gasteiger partial charge in [0.2, 0.25) is 17.8 Å². The number of rotatable bonds is 18. The van der Waals surface area contributed by atoms with Gasteiger partial charge in [-0.2, -0.15) is 40.2 Å². The number of anilines is 5. The maximum Gasteiger partial charge on any atom is 0.500 e. The minimum atomic E-state index is -4.97. The fourth-order valence-electron chi connectivity index (χ4n) is 4.73. The third kappa shape index (κ3) is 10.9. The van der Waals surface area contributed by atoms with E-state index in [9.17, 15) is 39.5 Å². The van der Waals surface area contributed by atoms with Crippen molar-refractivity contribution >= 4 is 90.5 Å². The molecule has 0 atom stereocenters. The van der Waals surface area contributed by atoms with Crippen LogP contribution in [0.25, 0.3) is 10.8 Å². The lowest BCUT2D eigenvalue weighted by atomic mass is 10.1. The van der Waals surface area contributed by atoms with Crippen molar-refractivity contribution in [3.8, 4) is 5.75 Å². The molecule has 0 aliphatic rings. The Morgan fingerprint density at radius 2 is 1.42 bits per heavy atom. The number of phenolic OH excluding ortho intramolecular Hbond substituents is 1. The van der Waals surface area contributed by atoms with Crippen molar-refractivity contribution in [2.24, 2.45) is 10.2 Å². The van der Waals surface area contributed by atoms with Crippen LogP contribution in [-0.4, -0.2) is 108 Å². The molecular formula is C27H35N9O13S3Si. The molecule has 0 radical (unpaired) electrons. The van der Waals surface area contributed by atoms with Crippen molar-refractivity contribution in [1.29, 1.82) is 0 Å². The van der Waals surface area contributed by atoms with Crippen molar-refractivity contribution in [3.05, 3.63) is 42.5 Å². The lowest BCUT2D eigenvalue weighted by Crippen LogP contribution is -2.42. The standard InChI is InChI=1S/C27H35N9O13S3Si/c1-47-53(48-2,49-3)12-4-9-29-25-32-26(30-10-11-50(38,39)40)34-27(33-25)31-17-6-8-20(22(14-17)52(44,45)46)35-36-24-19(28)7-5-16-13-18(51(41,42)43)15-21(37)23(16)24/h5-8,13-15,37H,4,9-12,28H2,1-3H3,(H,38,39,40)(H,41,42,43)(H,44,45,46)(H3,29,30,31,32,33,34). The summed E-state index contributed by atoms with van der Waals surface area (Å²) in [4.78, 5) is 11.3. The Morgan fingerprint density at radius 3 is 2.00 bits per heavy atom. The van der Waals surface area contributed by atoms with Crippen molar-refractivity contribution in [2.75, 3.05) is 61.9 Å². The summed E-state index contributed by atoms with van der Waals surface area (Å²) in [6, 6.07) is 8.42. The Hall–Kier alpha value is -4.64. The van der Waals surface area contributed by atoms with E-state index in [1.807, 2.05) is 0 Å². The van der Waals surface area contributed by atoms with Crippen LogP contribution in [0.2, 0.25) is 6.04 Å². The fraction of sp³-hybridized carbons (Fsp3) is 0.296. The first-order valence-electron chi connectivity index (χ1n) is 14.9. The first-order valence-corrected chi connectivity index (χ1v) is 21.4. The number of hydrogen-bond acceptors (Lipinski definition) is 19. The summed E-state index contributed by atoms with van der Waals surface area (Å²) in [6.45, 7) is 0.0185. The minimum Gasteiger partial charge on any atom is -0.507 e. The van der Waals surface area contributed by atoms with Gasteiger partial charge in [0.25, 0.3) is 30.4 Å². The first kappa shape index (κ1) is 41.1. The number of nitrogens with one attached hydrogen (secondary N) is 3. The molecular weight excluding hydrogens is 783 g/mol. The number of phenols is 1. The van der Waals surface area contributed by atoms with Gasteiger partial charge < -0.3 is 40.1 Å². The minimum absolute atomic E-state index is 0.0106. The Morgan fingerprint density at radius 1 is 0.792 bits per heavy atom. The maximum atomic E-state index is 12.5. The topological polar surface area (TPSA) is 337 Å². The second-order valence-electron chi connectivity index (χ2n) is 10.8. The molecule has 0 unspecified atom stereocenters. The summed E-state index contributed by atoms with van der Waals surface area (Å²) in [6.07, 6.45) is 0.491. The third-order valence-corrected chi connectivity index (χ3v) is 12.5. The maximum absolute atomic E-state index is 12.5. The second kappa shape index (κ2) is 16.6. The molecule has 4 aromatic rings. The number of azo groups is 1. The highest BCUT2D eigenvalue weighted by Gasteiger charge is 2.36. The van der Waals surface area contributed by atoms with Crippen molar-refractivity contribution in [1.82, 2.24) is 15.0 Å². The van der Waals surface area contributed by atoms with Crippen LogP contribution < -0.4 is 21.7 Å². The molecule has 22 nitrogen and oxygen atoms in total. The van der Waals surface area contributed by atoms with Gasteiger partial charge in [-0.1, -0.05) is 6.07 Å². The second-order valence-corrected chi connectivity index (χ2v) is 18.3. The summed E-state index contributed by atoms with van der Waals surface area (Å²) in [5.41, 5.74) is 5.46. The molecule has 0 fully saturated rings. The third-order valence-electron chi connectivity index (χ3n) is 7.28. The van der Waals surface area contributed by atoms with Gasteiger partial charge in [-0.05, 0) is 42.1 Å². The number of fused-ring (bicyclic) bond motifs is 1. The summed E-state index contributed by atoms with van der Waals surface area (Å²) >= 11 is 0. The number of nitrogens with two attached hydrogens (primary N) is 1. The van der Waals surface area contributed by atoms with E-state index in [-0.39, 0.29) is 57.9 Å². The van der Waals surface area contributed by atoms with E-state index >= 15 is 0 Å². The zero-order valence-electron chi connectivity index (χ0n) is 28.1. The summed E-state index contributed by atoms with van der Waals surface area (Å²) in [7, 11) is -12.4. The molecule has 3 aromatic carbocycles. The highest BCUT2D eigenvalue weighted by atomic mass is 32.2. The molecule has 0 amide bonds. The lowest BCUT2D eigenvalue weighted by Gasteiger charge is -2.24. The van der Waals surface area contributed by atoms with Crippen molar-refractivity contribution in [2.45, 2.75) is 22.3 Å². The highest BCUT2D eigenvalue weighted by Crippen LogP contribution is 2.41. The number of hydrogen-bond donors (Lipinski definition) is 8. The predicted octanol–water partition coefficient (Wildman–Crippen LogP) is 2.94. The van der Waals surface area contributed by atoms with Gasteiger partial charge in [0.15, 0.2) is 0 Å². The van der Waals surface area contributed by atoms with Crippen LogP contribution in [-0.2, 0) is 43.6 Å². The van der Waals surface area contributed by atoms with Crippen molar-refractivity contribution < 1.29 is 57.3 Å². The van der Waals surface area contributed by atoms with Crippen LogP contribution in [0.4, 0.5) is 40.6 Å². The molecule has 0 bridgehead atoms. The van der Waals surface area contributed by atoms with Crippen molar-refractivity contribution in [3.63, 3.8) is 0 Å². The fourth-order valence-corrected chi connectivity index (χ4v) is 8.00. The van der Waals surface area contributed by atoms with Gasteiger partial charge in [-0.3, -0.25) is 13.7 Å². The normalized spacial score (nSPS) is 12.7. The van der Waals surface area contributed by atoms with Crippen LogP contribution in [0, 0.1) is 0 Å². The first-order chi connectivity index (χ1) is 24.8. The quantitative estimate of drug-likeness (QED) is 0.0235. The molecule has 0 aliphatic heterocycles. The van der Waals surface area contributed by atoms with E-state index in [0.29, 0.717) is 19.0 Å².